The van der Waals surface area contributed by atoms with Gasteiger partial charge in [0.25, 0.3) is 5.91 Å². The largest absolute Gasteiger partial charge is 0.507 e. The molecule has 0 aromatic heterocycles. The molecule has 19 heavy (non-hydrogen) atoms. The van der Waals surface area contributed by atoms with Gasteiger partial charge < -0.3 is 10.4 Å². The lowest BCUT2D eigenvalue weighted by molar-refractivity contribution is 0.0923. The molecule has 1 aliphatic carbocycles. The van der Waals surface area contributed by atoms with Gasteiger partial charge in [-0.05, 0) is 42.9 Å². The van der Waals surface area contributed by atoms with Crippen LogP contribution >= 0.6 is 0 Å². The lowest BCUT2D eigenvalue weighted by Gasteiger charge is -2.21. The van der Waals surface area contributed by atoms with Crippen molar-refractivity contribution < 1.29 is 14.3 Å². The van der Waals surface area contributed by atoms with Crippen molar-refractivity contribution in [3.63, 3.8) is 0 Å². The molecule has 2 rings (SSSR count). The van der Waals surface area contributed by atoms with Gasteiger partial charge in [-0.1, -0.05) is 20.3 Å². The number of halogens is 1. The highest BCUT2D eigenvalue weighted by Gasteiger charge is 2.32. The molecule has 0 spiro atoms. The van der Waals surface area contributed by atoms with E-state index < -0.39 is 11.7 Å². The Hall–Kier alpha value is -1.58. The van der Waals surface area contributed by atoms with Crippen molar-refractivity contribution in [2.24, 2.45) is 11.8 Å². The molecule has 0 saturated heterocycles. The highest BCUT2D eigenvalue weighted by atomic mass is 19.1. The van der Waals surface area contributed by atoms with Crippen LogP contribution in [0.3, 0.4) is 0 Å². The average Bonchev–Trinajstić information content (AvgIpc) is 2.73. The second-order valence-electron chi connectivity index (χ2n) is 5.35. The topological polar surface area (TPSA) is 49.3 Å². The number of phenols is 1. The first kappa shape index (κ1) is 13.8. The van der Waals surface area contributed by atoms with Crippen LogP contribution in [0.1, 0.15) is 43.5 Å². The maximum absolute atomic E-state index is 13.1. The number of carbonyl (C=O) groups excluding carboxylic acids is 1. The Labute approximate surface area is 112 Å². The fourth-order valence-corrected chi connectivity index (χ4v) is 2.96. The van der Waals surface area contributed by atoms with Crippen LogP contribution in [0.25, 0.3) is 0 Å². The molecule has 4 heteroatoms. The Kier molecular flexibility index (Phi) is 4.08. The fraction of sp³-hybridized carbons (Fsp3) is 0.533. The summed E-state index contributed by atoms with van der Waals surface area (Å²) in [5, 5.41) is 12.5. The summed E-state index contributed by atoms with van der Waals surface area (Å²) in [6, 6.07) is 3.52. The van der Waals surface area contributed by atoms with Gasteiger partial charge >= 0.3 is 0 Å². The zero-order chi connectivity index (χ0) is 14.0. The van der Waals surface area contributed by atoms with Crippen molar-refractivity contribution in [1.29, 1.82) is 0 Å². The Morgan fingerprint density at radius 2 is 2.21 bits per heavy atom. The summed E-state index contributed by atoms with van der Waals surface area (Å²) in [6.45, 7) is 4.29. The molecule has 0 bridgehead atoms. The fourth-order valence-electron chi connectivity index (χ4n) is 2.96. The molecule has 1 saturated carbocycles. The minimum Gasteiger partial charge on any atom is -0.507 e. The molecule has 0 aliphatic heterocycles. The molecular weight excluding hydrogens is 245 g/mol. The molecule has 1 fully saturated rings. The van der Waals surface area contributed by atoms with Crippen LogP contribution in [0.15, 0.2) is 18.2 Å². The molecule has 1 aliphatic rings. The molecule has 104 valence electrons. The number of rotatable bonds is 3. The first-order valence-electron chi connectivity index (χ1n) is 6.82. The molecule has 1 amide bonds. The molecular formula is C15H20FNO2. The summed E-state index contributed by atoms with van der Waals surface area (Å²) in [6.07, 6.45) is 3.16. The maximum atomic E-state index is 13.1. The van der Waals surface area contributed by atoms with E-state index in [4.69, 9.17) is 0 Å². The molecule has 3 atom stereocenters. The van der Waals surface area contributed by atoms with Gasteiger partial charge in [0, 0.05) is 6.04 Å². The number of aromatic hydroxyl groups is 1. The van der Waals surface area contributed by atoms with Crippen molar-refractivity contribution in [1.82, 2.24) is 5.32 Å². The van der Waals surface area contributed by atoms with Gasteiger partial charge in [0.05, 0.1) is 5.56 Å². The number of carbonyl (C=O) groups is 1. The third-order valence-corrected chi connectivity index (χ3v) is 4.27. The van der Waals surface area contributed by atoms with E-state index in [-0.39, 0.29) is 17.4 Å². The minimum atomic E-state index is -0.520. The van der Waals surface area contributed by atoms with Gasteiger partial charge in [0.1, 0.15) is 11.6 Å². The lowest BCUT2D eigenvalue weighted by atomic mass is 9.93. The van der Waals surface area contributed by atoms with Crippen LogP contribution in [-0.2, 0) is 0 Å². The van der Waals surface area contributed by atoms with E-state index in [0.717, 1.165) is 31.4 Å². The van der Waals surface area contributed by atoms with E-state index in [2.05, 4.69) is 19.2 Å². The summed E-state index contributed by atoms with van der Waals surface area (Å²) in [7, 11) is 0. The Morgan fingerprint density at radius 3 is 2.84 bits per heavy atom. The van der Waals surface area contributed by atoms with E-state index in [0.29, 0.717) is 11.8 Å². The highest BCUT2D eigenvalue weighted by Crippen LogP contribution is 2.34. The third-order valence-electron chi connectivity index (χ3n) is 4.27. The standard InChI is InChI=1S/C15H20FNO2/c1-3-10-4-6-13(9(10)2)17-15(19)12-8-11(16)5-7-14(12)18/h5,7-10,13,18H,3-4,6H2,1-2H3,(H,17,19). The average molecular weight is 265 g/mol. The van der Waals surface area contributed by atoms with Crippen molar-refractivity contribution in [3.05, 3.63) is 29.6 Å². The zero-order valence-electron chi connectivity index (χ0n) is 11.3. The number of nitrogens with one attached hydrogen (secondary N) is 1. The smallest absolute Gasteiger partial charge is 0.255 e. The number of hydrogen-bond acceptors (Lipinski definition) is 2. The van der Waals surface area contributed by atoms with Crippen molar-refractivity contribution in [3.8, 4) is 5.75 Å². The first-order chi connectivity index (χ1) is 9.02. The van der Waals surface area contributed by atoms with E-state index in [1.165, 1.54) is 6.07 Å². The Morgan fingerprint density at radius 1 is 1.47 bits per heavy atom. The van der Waals surface area contributed by atoms with Gasteiger partial charge in [-0.3, -0.25) is 4.79 Å². The molecule has 0 heterocycles. The van der Waals surface area contributed by atoms with Crippen LogP contribution in [-0.4, -0.2) is 17.1 Å². The lowest BCUT2D eigenvalue weighted by Crippen LogP contribution is -2.37. The molecule has 3 nitrogen and oxygen atoms in total. The van der Waals surface area contributed by atoms with Gasteiger partial charge in [-0.2, -0.15) is 0 Å². The van der Waals surface area contributed by atoms with Crippen molar-refractivity contribution in [2.45, 2.75) is 39.2 Å². The van der Waals surface area contributed by atoms with E-state index >= 15 is 0 Å². The second-order valence-corrected chi connectivity index (χ2v) is 5.35. The van der Waals surface area contributed by atoms with E-state index in [1.54, 1.807) is 0 Å². The predicted octanol–water partition coefficient (Wildman–Crippen LogP) is 3.09. The predicted molar refractivity (Wildman–Crippen MR) is 71.5 cm³/mol. The second kappa shape index (κ2) is 5.59. The minimum absolute atomic E-state index is 0.00662. The summed E-state index contributed by atoms with van der Waals surface area (Å²) in [5.74, 6) is -0.0490. The van der Waals surface area contributed by atoms with Crippen LogP contribution in [0.2, 0.25) is 0 Å². The highest BCUT2D eigenvalue weighted by molar-refractivity contribution is 5.97. The monoisotopic (exact) mass is 265 g/mol. The van der Waals surface area contributed by atoms with Gasteiger partial charge in [-0.15, -0.1) is 0 Å². The Balaban J connectivity index is 2.07. The van der Waals surface area contributed by atoms with Crippen LogP contribution in [0.5, 0.6) is 5.75 Å². The van der Waals surface area contributed by atoms with Crippen LogP contribution in [0, 0.1) is 17.7 Å². The maximum Gasteiger partial charge on any atom is 0.255 e. The quantitative estimate of drug-likeness (QED) is 0.882. The molecule has 1 aromatic rings. The molecule has 2 N–H and O–H groups in total. The third kappa shape index (κ3) is 2.88. The zero-order valence-corrected chi connectivity index (χ0v) is 11.3. The van der Waals surface area contributed by atoms with E-state index in [9.17, 15) is 14.3 Å². The van der Waals surface area contributed by atoms with Crippen molar-refractivity contribution in [2.75, 3.05) is 0 Å². The number of amides is 1. The van der Waals surface area contributed by atoms with Crippen molar-refractivity contribution >= 4 is 5.91 Å². The van der Waals surface area contributed by atoms with Crippen LogP contribution in [0.4, 0.5) is 4.39 Å². The van der Waals surface area contributed by atoms with Gasteiger partial charge in [0.2, 0.25) is 0 Å². The van der Waals surface area contributed by atoms with Crippen LogP contribution < -0.4 is 5.32 Å². The first-order valence-corrected chi connectivity index (χ1v) is 6.82. The number of benzene rings is 1. The number of phenolic OH excluding ortho intramolecular Hbond substituents is 1. The molecule has 3 unspecified atom stereocenters. The van der Waals surface area contributed by atoms with Gasteiger partial charge in [0.15, 0.2) is 0 Å². The summed E-state index contributed by atoms with van der Waals surface area (Å²) >= 11 is 0. The molecule has 1 aromatic carbocycles. The summed E-state index contributed by atoms with van der Waals surface area (Å²) < 4.78 is 13.1. The molecule has 0 radical (unpaired) electrons. The normalized spacial score (nSPS) is 26.4. The van der Waals surface area contributed by atoms with E-state index in [1.807, 2.05) is 0 Å². The summed E-state index contributed by atoms with van der Waals surface area (Å²) in [4.78, 5) is 12.1. The Bertz CT molecular complexity index is 475. The van der Waals surface area contributed by atoms with Gasteiger partial charge in [-0.25, -0.2) is 4.39 Å². The SMILES string of the molecule is CCC1CCC(NC(=O)c2cc(F)ccc2O)C1C. The summed E-state index contributed by atoms with van der Waals surface area (Å²) in [5.41, 5.74) is 0.00662. The number of hydrogen-bond donors (Lipinski definition) is 2.